The van der Waals surface area contributed by atoms with Gasteiger partial charge in [0, 0.05) is 5.56 Å². The van der Waals surface area contributed by atoms with Crippen molar-refractivity contribution in [3.63, 3.8) is 0 Å². The largest absolute Gasteiger partial charge is 0.544 e. The fraction of sp³-hybridized carbons (Fsp3) is 0.222. The van der Waals surface area contributed by atoms with Crippen LogP contribution in [-0.4, -0.2) is 5.97 Å². The average molecular weight is 165 g/mol. The van der Waals surface area contributed by atoms with Crippen LogP contribution in [0.4, 0.5) is 0 Å². The summed E-state index contributed by atoms with van der Waals surface area (Å²) in [5, 5.41) is 10.4. The van der Waals surface area contributed by atoms with Crippen molar-refractivity contribution in [2.45, 2.75) is 13.0 Å². The zero-order valence-corrected chi connectivity index (χ0v) is 6.91. The van der Waals surface area contributed by atoms with E-state index in [1.807, 2.05) is 19.1 Å². The van der Waals surface area contributed by atoms with Crippen molar-refractivity contribution < 1.29 is 15.6 Å². The maximum atomic E-state index is 10.4. The quantitative estimate of drug-likeness (QED) is 0.612. The van der Waals surface area contributed by atoms with Gasteiger partial charge in [-0.2, -0.15) is 0 Å². The fourth-order valence-electron chi connectivity index (χ4n) is 1.02. The predicted molar refractivity (Wildman–Crippen MR) is 41.8 cm³/mol. The van der Waals surface area contributed by atoms with Crippen molar-refractivity contribution in [1.82, 2.24) is 0 Å². The Morgan fingerprint density at radius 3 is 2.75 bits per heavy atom. The van der Waals surface area contributed by atoms with Gasteiger partial charge in [0.2, 0.25) is 0 Å². The summed E-state index contributed by atoms with van der Waals surface area (Å²) in [7, 11) is 0. The van der Waals surface area contributed by atoms with Gasteiger partial charge >= 0.3 is 0 Å². The Kier molecular flexibility index (Phi) is 2.45. The summed E-state index contributed by atoms with van der Waals surface area (Å²) in [6.45, 7) is 1.91. The normalized spacial score (nSPS) is 12.5. The highest BCUT2D eigenvalue weighted by Crippen LogP contribution is 2.09. The molecule has 0 fully saturated rings. The lowest BCUT2D eigenvalue weighted by Crippen LogP contribution is -2.61. The zero-order chi connectivity index (χ0) is 9.14. The van der Waals surface area contributed by atoms with Crippen molar-refractivity contribution in [2.24, 2.45) is 0 Å². The average Bonchev–Trinajstić information content (AvgIpc) is 2.03. The van der Waals surface area contributed by atoms with Gasteiger partial charge < -0.3 is 15.6 Å². The Hall–Kier alpha value is -1.35. The van der Waals surface area contributed by atoms with E-state index in [9.17, 15) is 9.90 Å². The summed E-state index contributed by atoms with van der Waals surface area (Å²) in [6, 6.07) is 6.48. The summed E-state index contributed by atoms with van der Waals surface area (Å²) >= 11 is 0. The second-order valence-corrected chi connectivity index (χ2v) is 2.79. The number of carbonyl (C=O) groups is 1. The van der Waals surface area contributed by atoms with E-state index in [0.717, 1.165) is 5.56 Å². The monoisotopic (exact) mass is 165 g/mol. The molecule has 0 bridgehead atoms. The van der Waals surface area contributed by atoms with Crippen molar-refractivity contribution in [2.75, 3.05) is 0 Å². The van der Waals surface area contributed by atoms with Gasteiger partial charge in [0.15, 0.2) is 6.04 Å². The molecule has 12 heavy (non-hydrogen) atoms. The van der Waals surface area contributed by atoms with Crippen molar-refractivity contribution >= 4 is 5.97 Å². The van der Waals surface area contributed by atoms with Crippen LogP contribution in [0.3, 0.4) is 0 Å². The molecule has 0 saturated carbocycles. The van der Waals surface area contributed by atoms with Crippen LogP contribution in [0.5, 0.6) is 0 Å². The van der Waals surface area contributed by atoms with E-state index < -0.39 is 12.0 Å². The summed E-state index contributed by atoms with van der Waals surface area (Å²) in [5.41, 5.74) is 5.21. The third kappa shape index (κ3) is 1.83. The fourth-order valence-corrected chi connectivity index (χ4v) is 1.02. The Morgan fingerprint density at radius 2 is 2.25 bits per heavy atom. The molecule has 1 aromatic carbocycles. The molecule has 3 N–H and O–H groups in total. The minimum atomic E-state index is -1.14. The van der Waals surface area contributed by atoms with Crippen LogP contribution < -0.4 is 10.8 Å². The maximum absolute atomic E-state index is 10.4. The third-order valence-electron chi connectivity index (χ3n) is 1.73. The minimum Gasteiger partial charge on any atom is -0.544 e. The van der Waals surface area contributed by atoms with E-state index in [1.165, 1.54) is 0 Å². The number of aliphatic carboxylic acids is 1. The molecule has 0 aliphatic carbocycles. The van der Waals surface area contributed by atoms with Crippen molar-refractivity contribution in [3.8, 4) is 0 Å². The predicted octanol–water partition coefficient (Wildman–Crippen LogP) is -0.972. The molecule has 0 amide bonds. The molecule has 1 aromatic rings. The van der Waals surface area contributed by atoms with E-state index in [0.29, 0.717) is 5.56 Å². The molecular weight excluding hydrogens is 154 g/mol. The number of aryl methyl sites for hydroxylation is 1. The van der Waals surface area contributed by atoms with Gasteiger partial charge in [-0.15, -0.1) is 0 Å². The first kappa shape index (κ1) is 8.74. The number of benzene rings is 1. The second kappa shape index (κ2) is 3.36. The van der Waals surface area contributed by atoms with Crippen LogP contribution in [0.25, 0.3) is 0 Å². The van der Waals surface area contributed by atoms with Gasteiger partial charge in [-0.25, -0.2) is 0 Å². The molecule has 0 saturated heterocycles. The van der Waals surface area contributed by atoms with Crippen LogP contribution in [0.2, 0.25) is 0 Å². The number of carboxylic acids is 1. The van der Waals surface area contributed by atoms with E-state index >= 15 is 0 Å². The van der Waals surface area contributed by atoms with Crippen LogP contribution >= 0.6 is 0 Å². The highest BCUT2D eigenvalue weighted by Gasteiger charge is 2.09. The maximum Gasteiger partial charge on any atom is 0.150 e. The molecule has 3 heteroatoms. The molecule has 0 unspecified atom stereocenters. The summed E-state index contributed by atoms with van der Waals surface area (Å²) in [5.74, 6) is -1.14. The van der Waals surface area contributed by atoms with Gasteiger partial charge in [0.1, 0.15) is 5.97 Å². The van der Waals surface area contributed by atoms with Crippen molar-refractivity contribution in [1.29, 1.82) is 0 Å². The number of hydrogen-bond donors (Lipinski definition) is 1. The van der Waals surface area contributed by atoms with Gasteiger partial charge in [0.05, 0.1) is 0 Å². The molecule has 0 aliphatic rings. The van der Waals surface area contributed by atoms with Gasteiger partial charge in [0.25, 0.3) is 0 Å². The molecule has 3 nitrogen and oxygen atoms in total. The number of hydrogen-bond acceptors (Lipinski definition) is 2. The standard InChI is InChI=1S/C9H11NO2/c1-6-3-2-4-7(5-6)8(10)9(11)12/h2-5,8H,10H2,1H3,(H,11,12)/t8-/m0/s1. The van der Waals surface area contributed by atoms with Crippen LogP contribution in [0.15, 0.2) is 24.3 Å². The summed E-state index contributed by atoms with van der Waals surface area (Å²) < 4.78 is 0. The lowest BCUT2D eigenvalue weighted by Gasteiger charge is -2.09. The van der Waals surface area contributed by atoms with E-state index in [1.54, 1.807) is 12.1 Å². The number of quaternary nitrogens is 1. The Morgan fingerprint density at radius 1 is 1.58 bits per heavy atom. The van der Waals surface area contributed by atoms with Gasteiger partial charge in [-0.1, -0.05) is 23.8 Å². The van der Waals surface area contributed by atoms with E-state index in [4.69, 9.17) is 0 Å². The Bertz CT molecular complexity index is 296. The molecule has 0 heterocycles. The van der Waals surface area contributed by atoms with Crippen LogP contribution in [0.1, 0.15) is 17.2 Å². The lowest BCUT2D eigenvalue weighted by atomic mass is 10.1. The number of rotatable bonds is 2. The van der Waals surface area contributed by atoms with Crippen LogP contribution in [-0.2, 0) is 4.79 Å². The van der Waals surface area contributed by atoms with Crippen molar-refractivity contribution in [3.05, 3.63) is 35.4 Å². The molecular formula is C9H11NO2. The molecule has 0 spiro atoms. The van der Waals surface area contributed by atoms with E-state index in [-0.39, 0.29) is 0 Å². The highest BCUT2D eigenvalue weighted by molar-refractivity contribution is 5.71. The summed E-state index contributed by atoms with van der Waals surface area (Å²) in [4.78, 5) is 10.4. The second-order valence-electron chi connectivity index (χ2n) is 2.79. The number of carbonyl (C=O) groups excluding carboxylic acids is 1. The third-order valence-corrected chi connectivity index (χ3v) is 1.73. The topological polar surface area (TPSA) is 67.8 Å². The highest BCUT2D eigenvalue weighted by atomic mass is 16.4. The van der Waals surface area contributed by atoms with Crippen LogP contribution in [0, 0.1) is 6.92 Å². The minimum absolute atomic E-state index is 0.690. The SMILES string of the molecule is Cc1cccc([C@H]([NH3+])C(=O)[O-])c1. The number of carboxylic acid groups (broad SMARTS) is 1. The zero-order valence-electron chi connectivity index (χ0n) is 6.91. The Labute approximate surface area is 70.8 Å². The molecule has 0 radical (unpaired) electrons. The smallest absolute Gasteiger partial charge is 0.150 e. The first-order valence-corrected chi connectivity index (χ1v) is 3.72. The molecule has 1 atom stereocenters. The summed E-state index contributed by atoms with van der Waals surface area (Å²) in [6.07, 6.45) is 0. The van der Waals surface area contributed by atoms with Gasteiger partial charge in [-0.3, -0.25) is 0 Å². The molecule has 1 rings (SSSR count). The lowest BCUT2D eigenvalue weighted by molar-refractivity contribution is -0.443. The van der Waals surface area contributed by atoms with E-state index in [2.05, 4.69) is 5.73 Å². The molecule has 0 aliphatic heterocycles. The first-order valence-electron chi connectivity index (χ1n) is 3.72. The first-order chi connectivity index (χ1) is 5.61. The Balaban J connectivity index is 2.95. The molecule has 0 aromatic heterocycles. The van der Waals surface area contributed by atoms with Gasteiger partial charge in [-0.05, 0) is 13.0 Å². The molecule has 64 valence electrons.